The molecule has 1 N–H and O–H groups in total. The summed E-state index contributed by atoms with van der Waals surface area (Å²) in [7, 11) is 0. The van der Waals surface area contributed by atoms with Crippen molar-refractivity contribution in [2.24, 2.45) is 0 Å². The number of halogens is 1. The van der Waals surface area contributed by atoms with Crippen LogP contribution in [-0.2, 0) is 0 Å². The van der Waals surface area contributed by atoms with E-state index in [2.05, 4.69) is 15.9 Å². The lowest BCUT2D eigenvalue weighted by Crippen LogP contribution is -1.90. The average Bonchev–Trinajstić information content (AvgIpc) is 2.09. The van der Waals surface area contributed by atoms with E-state index in [1.54, 1.807) is 12.1 Å². The second kappa shape index (κ2) is 4.44. The van der Waals surface area contributed by atoms with E-state index in [0.717, 1.165) is 5.57 Å². The molecular formula is C10H10BrNO3. The lowest BCUT2D eigenvalue weighted by Gasteiger charge is -2.02. The maximum absolute atomic E-state index is 10.6. The van der Waals surface area contributed by atoms with Crippen LogP contribution in [0.1, 0.15) is 19.4 Å². The molecule has 0 aliphatic heterocycles. The lowest BCUT2D eigenvalue weighted by atomic mass is 10.1. The zero-order chi connectivity index (χ0) is 11.6. The quantitative estimate of drug-likeness (QED) is 0.662. The zero-order valence-electron chi connectivity index (χ0n) is 8.32. The van der Waals surface area contributed by atoms with Crippen LogP contribution in [0, 0.1) is 10.1 Å². The van der Waals surface area contributed by atoms with Gasteiger partial charge in [0.25, 0.3) is 0 Å². The Hall–Kier alpha value is -1.36. The first-order valence-corrected chi connectivity index (χ1v) is 5.03. The highest BCUT2D eigenvalue weighted by atomic mass is 79.9. The predicted octanol–water partition coefficient (Wildman–Crippen LogP) is 3.49. The number of allylic oxidation sites excluding steroid dienone is 1. The summed E-state index contributed by atoms with van der Waals surface area (Å²) in [4.78, 5) is 10.0. The van der Waals surface area contributed by atoms with Crippen LogP contribution in [-0.4, -0.2) is 10.0 Å². The van der Waals surface area contributed by atoms with E-state index >= 15 is 0 Å². The monoisotopic (exact) mass is 271 g/mol. The Morgan fingerprint density at radius 3 is 2.60 bits per heavy atom. The molecule has 0 spiro atoms. The number of phenols is 1. The van der Waals surface area contributed by atoms with Crippen LogP contribution in [0.5, 0.6) is 5.75 Å². The molecule has 0 heterocycles. The van der Waals surface area contributed by atoms with Gasteiger partial charge in [0.15, 0.2) is 0 Å². The van der Waals surface area contributed by atoms with E-state index in [-0.39, 0.29) is 11.4 Å². The van der Waals surface area contributed by atoms with Crippen molar-refractivity contribution in [3.8, 4) is 5.75 Å². The van der Waals surface area contributed by atoms with Crippen molar-refractivity contribution >= 4 is 27.7 Å². The van der Waals surface area contributed by atoms with Gasteiger partial charge in [0.1, 0.15) is 0 Å². The zero-order valence-corrected chi connectivity index (χ0v) is 9.91. The number of nitro groups is 1. The minimum Gasteiger partial charge on any atom is -0.502 e. The maximum atomic E-state index is 10.6. The third-order valence-corrected chi connectivity index (χ3v) is 2.18. The van der Waals surface area contributed by atoms with Gasteiger partial charge in [-0.2, -0.15) is 0 Å². The molecule has 0 aliphatic rings. The molecule has 4 nitrogen and oxygen atoms in total. The van der Waals surface area contributed by atoms with Gasteiger partial charge in [0.05, 0.1) is 4.92 Å². The topological polar surface area (TPSA) is 63.4 Å². The molecule has 0 atom stereocenters. The van der Waals surface area contributed by atoms with E-state index in [0.29, 0.717) is 10.0 Å². The van der Waals surface area contributed by atoms with Crippen molar-refractivity contribution in [3.05, 3.63) is 37.9 Å². The summed E-state index contributed by atoms with van der Waals surface area (Å²) in [6.45, 7) is 3.71. The number of phenolic OH excluding ortho intramolecular Hbond substituents is 1. The Bertz CT molecular complexity index is 437. The van der Waals surface area contributed by atoms with E-state index in [4.69, 9.17) is 0 Å². The molecule has 0 bridgehead atoms. The van der Waals surface area contributed by atoms with E-state index in [1.165, 1.54) is 6.07 Å². The van der Waals surface area contributed by atoms with Crippen LogP contribution in [0.2, 0.25) is 0 Å². The number of aromatic hydroxyl groups is 1. The minimum absolute atomic E-state index is 0.295. The molecular weight excluding hydrogens is 262 g/mol. The number of benzene rings is 1. The van der Waals surface area contributed by atoms with Crippen molar-refractivity contribution < 1.29 is 10.0 Å². The highest BCUT2D eigenvalue weighted by Gasteiger charge is 2.17. The molecule has 0 aromatic heterocycles. The second-order valence-corrected chi connectivity index (χ2v) is 4.26. The van der Waals surface area contributed by atoms with Gasteiger partial charge < -0.3 is 5.11 Å². The summed E-state index contributed by atoms with van der Waals surface area (Å²) in [6, 6.07) is 2.91. The van der Waals surface area contributed by atoms with Gasteiger partial charge >= 0.3 is 5.69 Å². The molecule has 0 saturated carbocycles. The van der Waals surface area contributed by atoms with E-state index in [1.807, 2.05) is 13.8 Å². The lowest BCUT2D eigenvalue weighted by molar-refractivity contribution is -0.385. The standard InChI is InChI=1S/C10H10BrNO3/c1-6(2)3-7-4-8(11)5-9(10(7)13)12(14)15/h3-5,13H,1-2H3. The SMILES string of the molecule is CC(C)=Cc1cc(Br)cc([N+](=O)[O-])c1O. The average molecular weight is 272 g/mol. The molecule has 0 aliphatic carbocycles. The third kappa shape index (κ3) is 2.79. The van der Waals surface area contributed by atoms with Gasteiger partial charge in [-0.25, -0.2) is 0 Å². The summed E-state index contributed by atoms with van der Waals surface area (Å²) >= 11 is 3.16. The summed E-state index contributed by atoms with van der Waals surface area (Å²) in [5.41, 5.74) is 1.10. The van der Waals surface area contributed by atoms with Crippen LogP contribution >= 0.6 is 15.9 Å². The molecule has 80 valence electrons. The van der Waals surface area contributed by atoms with Crippen LogP contribution in [0.25, 0.3) is 6.08 Å². The van der Waals surface area contributed by atoms with E-state index < -0.39 is 4.92 Å². The van der Waals surface area contributed by atoms with Crippen molar-refractivity contribution in [2.45, 2.75) is 13.8 Å². The fourth-order valence-corrected chi connectivity index (χ4v) is 1.63. The smallest absolute Gasteiger partial charge is 0.312 e. The number of hydrogen-bond donors (Lipinski definition) is 1. The highest BCUT2D eigenvalue weighted by Crippen LogP contribution is 2.34. The number of rotatable bonds is 2. The first-order chi connectivity index (χ1) is 6.91. The molecule has 0 unspecified atom stereocenters. The molecule has 1 rings (SSSR count). The van der Waals surface area contributed by atoms with Crippen LogP contribution in [0.4, 0.5) is 5.69 Å². The van der Waals surface area contributed by atoms with Gasteiger partial charge in [-0.15, -0.1) is 0 Å². The molecule has 0 saturated heterocycles. The fourth-order valence-electron chi connectivity index (χ4n) is 1.17. The molecule has 0 radical (unpaired) electrons. The Morgan fingerprint density at radius 1 is 1.53 bits per heavy atom. The van der Waals surface area contributed by atoms with Gasteiger partial charge in [0.2, 0.25) is 5.75 Å². The third-order valence-electron chi connectivity index (χ3n) is 1.72. The first kappa shape index (κ1) is 11.7. The predicted molar refractivity (Wildman–Crippen MR) is 61.8 cm³/mol. The molecule has 5 heteroatoms. The number of nitrogens with zero attached hydrogens (tertiary/aromatic N) is 1. The fraction of sp³-hybridized carbons (Fsp3) is 0.200. The second-order valence-electron chi connectivity index (χ2n) is 3.34. The Balaban J connectivity index is 3.41. The van der Waals surface area contributed by atoms with E-state index in [9.17, 15) is 15.2 Å². The first-order valence-electron chi connectivity index (χ1n) is 4.23. The Labute approximate surface area is 95.5 Å². The molecule has 1 aromatic rings. The minimum atomic E-state index is -0.609. The Morgan fingerprint density at radius 2 is 2.13 bits per heavy atom. The summed E-state index contributed by atoms with van der Waals surface area (Å²) in [6.07, 6.45) is 1.69. The molecule has 0 amide bonds. The summed E-state index contributed by atoms with van der Waals surface area (Å²) < 4.78 is 0.569. The van der Waals surface area contributed by atoms with Gasteiger partial charge in [-0.05, 0) is 19.9 Å². The normalized spacial score (nSPS) is 9.80. The van der Waals surface area contributed by atoms with Crippen molar-refractivity contribution in [1.82, 2.24) is 0 Å². The number of hydrogen-bond acceptors (Lipinski definition) is 3. The van der Waals surface area contributed by atoms with Gasteiger partial charge in [-0.3, -0.25) is 10.1 Å². The van der Waals surface area contributed by atoms with Crippen molar-refractivity contribution in [3.63, 3.8) is 0 Å². The summed E-state index contributed by atoms with van der Waals surface area (Å²) in [5.74, 6) is -0.301. The molecule has 0 fully saturated rings. The Kier molecular flexibility index (Phi) is 3.47. The van der Waals surface area contributed by atoms with Gasteiger partial charge in [0, 0.05) is 16.1 Å². The largest absolute Gasteiger partial charge is 0.502 e. The van der Waals surface area contributed by atoms with Crippen molar-refractivity contribution in [1.29, 1.82) is 0 Å². The summed E-state index contributed by atoms with van der Waals surface area (Å²) in [5, 5.41) is 20.2. The highest BCUT2D eigenvalue weighted by molar-refractivity contribution is 9.10. The molecule has 1 aromatic carbocycles. The molecule has 15 heavy (non-hydrogen) atoms. The van der Waals surface area contributed by atoms with Crippen LogP contribution < -0.4 is 0 Å². The van der Waals surface area contributed by atoms with Gasteiger partial charge in [-0.1, -0.05) is 27.6 Å². The van der Waals surface area contributed by atoms with Crippen LogP contribution in [0.15, 0.2) is 22.2 Å². The number of nitro benzene ring substituents is 1. The maximum Gasteiger partial charge on any atom is 0.312 e. The van der Waals surface area contributed by atoms with Crippen molar-refractivity contribution in [2.75, 3.05) is 0 Å². The van der Waals surface area contributed by atoms with Crippen LogP contribution in [0.3, 0.4) is 0 Å².